The van der Waals surface area contributed by atoms with Gasteiger partial charge in [0.15, 0.2) is 0 Å². The van der Waals surface area contributed by atoms with Gasteiger partial charge in [0.1, 0.15) is 16.5 Å². The maximum absolute atomic E-state index is 12.6. The maximum Gasteiger partial charge on any atom is 0.417 e. The SMILES string of the molecule is Cc1cc(Cn2cc(C(F)(F)F)cc(Cl)c2=O)no1. The molecule has 0 aliphatic heterocycles. The molecule has 4 nitrogen and oxygen atoms in total. The molecule has 2 rings (SSSR count). The van der Waals surface area contributed by atoms with E-state index in [1.165, 1.54) is 6.07 Å². The third-order valence-corrected chi connectivity index (χ3v) is 2.65. The van der Waals surface area contributed by atoms with Crippen molar-refractivity contribution in [2.45, 2.75) is 19.6 Å². The summed E-state index contributed by atoms with van der Waals surface area (Å²) in [7, 11) is 0. The van der Waals surface area contributed by atoms with Crippen LogP contribution in [0.5, 0.6) is 0 Å². The number of aromatic nitrogens is 2. The van der Waals surface area contributed by atoms with Crippen LogP contribution in [0.2, 0.25) is 5.02 Å². The van der Waals surface area contributed by atoms with Gasteiger partial charge in [-0.25, -0.2) is 0 Å². The number of hydrogen-bond donors (Lipinski definition) is 0. The predicted octanol–water partition coefficient (Wildman–Crippen LogP) is 2.87. The fourth-order valence-electron chi connectivity index (χ4n) is 1.54. The molecule has 0 atom stereocenters. The molecule has 0 aromatic carbocycles. The lowest BCUT2D eigenvalue weighted by Gasteiger charge is -2.10. The van der Waals surface area contributed by atoms with E-state index in [4.69, 9.17) is 16.1 Å². The third kappa shape index (κ3) is 2.98. The summed E-state index contributed by atoms with van der Waals surface area (Å²) in [5.41, 5.74) is -1.36. The van der Waals surface area contributed by atoms with Crippen LogP contribution in [-0.2, 0) is 12.7 Å². The van der Waals surface area contributed by atoms with Crippen molar-refractivity contribution >= 4 is 11.6 Å². The van der Waals surface area contributed by atoms with Crippen LogP contribution in [0.4, 0.5) is 13.2 Å². The molecule has 8 heteroatoms. The number of halogens is 4. The molecule has 0 bridgehead atoms. The Morgan fingerprint density at radius 2 is 2.11 bits per heavy atom. The zero-order chi connectivity index (χ0) is 14.2. The molecule has 102 valence electrons. The summed E-state index contributed by atoms with van der Waals surface area (Å²) in [5.74, 6) is 0.501. The van der Waals surface area contributed by atoms with Crippen molar-refractivity contribution in [1.82, 2.24) is 9.72 Å². The average Bonchev–Trinajstić information content (AvgIpc) is 2.69. The molecule has 0 saturated carbocycles. The summed E-state index contributed by atoms with van der Waals surface area (Å²) in [6.45, 7) is 1.50. The summed E-state index contributed by atoms with van der Waals surface area (Å²) < 4.78 is 43.5. The van der Waals surface area contributed by atoms with Crippen LogP contribution in [0.25, 0.3) is 0 Å². The summed E-state index contributed by atoms with van der Waals surface area (Å²) in [6, 6.07) is 2.13. The molecule has 0 radical (unpaired) electrons. The Labute approximate surface area is 110 Å². The van der Waals surface area contributed by atoms with Crippen molar-refractivity contribution in [3.8, 4) is 0 Å². The largest absolute Gasteiger partial charge is 0.417 e. The van der Waals surface area contributed by atoms with E-state index >= 15 is 0 Å². The fraction of sp³-hybridized carbons (Fsp3) is 0.273. The number of aryl methyl sites for hydroxylation is 1. The van der Waals surface area contributed by atoms with Crippen LogP contribution in [0.3, 0.4) is 0 Å². The molecule has 0 unspecified atom stereocenters. The Bertz CT molecular complexity index is 661. The van der Waals surface area contributed by atoms with E-state index < -0.39 is 22.3 Å². The first kappa shape index (κ1) is 13.7. The molecule has 0 aliphatic rings. The molecule has 2 aromatic rings. The van der Waals surface area contributed by atoms with Crippen LogP contribution in [0.15, 0.2) is 27.6 Å². The van der Waals surface area contributed by atoms with Gasteiger partial charge in [-0.2, -0.15) is 13.2 Å². The molecule has 0 amide bonds. The van der Waals surface area contributed by atoms with Crippen molar-refractivity contribution in [1.29, 1.82) is 0 Å². The number of hydrogen-bond acceptors (Lipinski definition) is 3. The third-order valence-electron chi connectivity index (χ3n) is 2.38. The molecule has 0 N–H and O–H groups in total. The molecule has 2 heterocycles. The second kappa shape index (κ2) is 4.73. The van der Waals surface area contributed by atoms with Gasteiger partial charge in [0.05, 0.1) is 12.1 Å². The molecule has 0 spiro atoms. The van der Waals surface area contributed by atoms with E-state index in [2.05, 4.69) is 5.16 Å². The monoisotopic (exact) mass is 292 g/mol. The second-order valence-corrected chi connectivity index (χ2v) is 4.34. The zero-order valence-electron chi connectivity index (χ0n) is 9.66. The van der Waals surface area contributed by atoms with Crippen molar-refractivity contribution < 1.29 is 17.7 Å². The van der Waals surface area contributed by atoms with Crippen molar-refractivity contribution in [3.05, 3.63) is 50.7 Å². The number of alkyl halides is 3. The highest BCUT2D eigenvalue weighted by molar-refractivity contribution is 6.30. The van der Waals surface area contributed by atoms with Crippen molar-refractivity contribution in [3.63, 3.8) is 0 Å². The van der Waals surface area contributed by atoms with Gasteiger partial charge in [-0.05, 0) is 13.0 Å². The topological polar surface area (TPSA) is 48.0 Å². The Morgan fingerprint density at radius 1 is 1.42 bits per heavy atom. The van der Waals surface area contributed by atoms with Crippen molar-refractivity contribution in [2.75, 3.05) is 0 Å². The van der Waals surface area contributed by atoms with Crippen LogP contribution in [0.1, 0.15) is 17.0 Å². The van der Waals surface area contributed by atoms with Gasteiger partial charge >= 0.3 is 6.18 Å². The van der Waals surface area contributed by atoms with E-state index in [0.29, 0.717) is 23.7 Å². The Kier molecular flexibility index (Phi) is 3.40. The van der Waals surface area contributed by atoms with Gasteiger partial charge < -0.3 is 9.09 Å². The molecule has 0 aliphatic carbocycles. The van der Waals surface area contributed by atoms with Gasteiger partial charge in [-0.15, -0.1) is 0 Å². The molecule has 19 heavy (non-hydrogen) atoms. The van der Waals surface area contributed by atoms with Crippen LogP contribution in [0, 0.1) is 6.92 Å². The number of nitrogens with zero attached hydrogens (tertiary/aromatic N) is 2. The Hall–Kier alpha value is -1.76. The quantitative estimate of drug-likeness (QED) is 0.855. The highest BCUT2D eigenvalue weighted by atomic mass is 35.5. The van der Waals surface area contributed by atoms with E-state index in [1.54, 1.807) is 6.92 Å². The van der Waals surface area contributed by atoms with E-state index in [-0.39, 0.29) is 6.54 Å². The van der Waals surface area contributed by atoms with Gasteiger partial charge in [-0.3, -0.25) is 4.79 Å². The molecular weight excluding hydrogens is 285 g/mol. The van der Waals surface area contributed by atoms with Crippen LogP contribution < -0.4 is 5.56 Å². The molecule has 2 aromatic heterocycles. The Balaban J connectivity index is 2.45. The summed E-state index contributed by atoms with van der Waals surface area (Å²) in [4.78, 5) is 11.7. The van der Waals surface area contributed by atoms with E-state index in [0.717, 1.165) is 4.57 Å². The summed E-state index contributed by atoms with van der Waals surface area (Å²) in [5, 5.41) is 3.12. The minimum Gasteiger partial charge on any atom is -0.361 e. The lowest BCUT2D eigenvalue weighted by Crippen LogP contribution is -2.23. The lowest BCUT2D eigenvalue weighted by atomic mass is 10.2. The van der Waals surface area contributed by atoms with Gasteiger partial charge in [0.2, 0.25) is 0 Å². The highest BCUT2D eigenvalue weighted by Crippen LogP contribution is 2.29. The zero-order valence-corrected chi connectivity index (χ0v) is 10.4. The summed E-state index contributed by atoms with van der Waals surface area (Å²) >= 11 is 5.52. The predicted molar refractivity (Wildman–Crippen MR) is 61.1 cm³/mol. The van der Waals surface area contributed by atoms with Gasteiger partial charge in [0.25, 0.3) is 5.56 Å². The molecule has 0 saturated heterocycles. The second-order valence-electron chi connectivity index (χ2n) is 3.94. The van der Waals surface area contributed by atoms with Crippen LogP contribution >= 0.6 is 11.6 Å². The van der Waals surface area contributed by atoms with E-state index in [1.807, 2.05) is 0 Å². The molecular formula is C11H8ClF3N2O2. The first-order valence-corrected chi connectivity index (χ1v) is 5.54. The Morgan fingerprint density at radius 3 is 2.63 bits per heavy atom. The normalized spacial score (nSPS) is 11.8. The van der Waals surface area contributed by atoms with Gasteiger partial charge in [0, 0.05) is 12.3 Å². The van der Waals surface area contributed by atoms with E-state index in [9.17, 15) is 18.0 Å². The minimum absolute atomic E-state index is 0.139. The summed E-state index contributed by atoms with van der Waals surface area (Å²) in [6.07, 6.45) is -3.86. The fourth-order valence-corrected chi connectivity index (χ4v) is 1.76. The number of rotatable bonds is 2. The standard InChI is InChI=1S/C11H8ClF3N2O2/c1-6-2-8(16-19-6)5-17-4-7(11(13,14)15)3-9(12)10(17)18/h2-4H,5H2,1H3. The van der Waals surface area contributed by atoms with Crippen molar-refractivity contribution in [2.24, 2.45) is 0 Å². The minimum atomic E-state index is -4.57. The first-order valence-electron chi connectivity index (χ1n) is 5.17. The first-order chi connectivity index (χ1) is 8.77. The number of pyridine rings is 1. The lowest BCUT2D eigenvalue weighted by molar-refractivity contribution is -0.138. The van der Waals surface area contributed by atoms with Gasteiger partial charge in [-0.1, -0.05) is 16.8 Å². The average molecular weight is 293 g/mol. The maximum atomic E-state index is 12.6. The smallest absolute Gasteiger partial charge is 0.361 e. The van der Waals surface area contributed by atoms with Crippen LogP contribution in [-0.4, -0.2) is 9.72 Å². The molecule has 0 fully saturated rings. The highest BCUT2D eigenvalue weighted by Gasteiger charge is 2.32.